The minimum Gasteiger partial charge on any atom is -0.318 e. The van der Waals surface area contributed by atoms with Crippen molar-refractivity contribution in [3.63, 3.8) is 0 Å². The summed E-state index contributed by atoms with van der Waals surface area (Å²) in [5.41, 5.74) is 1.42. The van der Waals surface area contributed by atoms with E-state index >= 15 is 0 Å². The Morgan fingerprint density at radius 3 is 2.76 bits per heavy atom. The van der Waals surface area contributed by atoms with Crippen LogP contribution < -0.4 is 16.0 Å². The Morgan fingerprint density at radius 2 is 2.19 bits per heavy atom. The minimum absolute atomic E-state index is 0.0442. The van der Waals surface area contributed by atoms with Crippen molar-refractivity contribution in [1.29, 1.82) is 0 Å². The number of thiazole rings is 1. The van der Waals surface area contributed by atoms with E-state index in [9.17, 15) is 18.5 Å². The molecule has 0 fully saturated rings. The molecule has 0 saturated heterocycles. The Kier molecular flexibility index (Phi) is 4.47. The second kappa shape index (κ2) is 6.13. The van der Waals surface area contributed by atoms with Crippen LogP contribution in [0.4, 0.5) is 11.4 Å². The molecule has 0 bridgehead atoms. The lowest BCUT2D eigenvalue weighted by Crippen LogP contribution is -2.24. The lowest BCUT2D eigenvalue weighted by Gasteiger charge is -2.08. The summed E-state index contributed by atoms with van der Waals surface area (Å²) in [5.74, 6) is 5.17. The summed E-state index contributed by atoms with van der Waals surface area (Å²) in [6, 6.07) is 3.82. The van der Waals surface area contributed by atoms with Gasteiger partial charge in [-0.25, -0.2) is 18.1 Å². The topological polar surface area (TPSA) is 140 Å². The number of hydrogen-bond acceptors (Lipinski definition) is 8. The van der Waals surface area contributed by atoms with Gasteiger partial charge in [0, 0.05) is 11.6 Å². The Morgan fingerprint density at radius 1 is 1.43 bits per heavy atom. The van der Waals surface area contributed by atoms with Gasteiger partial charge in [-0.05, 0) is 12.1 Å². The quantitative estimate of drug-likeness (QED) is 0.404. The van der Waals surface area contributed by atoms with Crippen LogP contribution in [-0.2, 0) is 16.6 Å². The van der Waals surface area contributed by atoms with Gasteiger partial charge in [-0.1, -0.05) is 6.07 Å². The molecule has 0 unspecified atom stereocenters. The van der Waals surface area contributed by atoms with Crippen molar-refractivity contribution >= 4 is 32.7 Å². The molecule has 1 aromatic heterocycles. The highest BCUT2D eigenvalue weighted by molar-refractivity contribution is 7.89. The van der Waals surface area contributed by atoms with Gasteiger partial charge in [0.2, 0.25) is 10.0 Å². The number of anilines is 1. The van der Waals surface area contributed by atoms with Gasteiger partial charge >= 0.3 is 5.69 Å². The van der Waals surface area contributed by atoms with Gasteiger partial charge in [0.25, 0.3) is 0 Å². The summed E-state index contributed by atoms with van der Waals surface area (Å²) in [4.78, 5) is 13.8. The number of para-hydroxylation sites is 1. The molecule has 2 rings (SSSR count). The number of sulfonamides is 1. The van der Waals surface area contributed by atoms with Crippen molar-refractivity contribution in [2.75, 3.05) is 5.43 Å². The van der Waals surface area contributed by atoms with Crippen molar-refractivity contribution in [2.45, 2.75) is 11.4 Å². The number of hydrogen-bond donors (Lipinski definition) is 3. The van der Waals surface area contributed by atoms with E-state index in [1.807, 2.05) is 0 Å². The molecule has 9 nitrogen and oxygen atoms in total. The number of benzene rings is 1. The lowest BCUT2D eigenvalue weighted by molar-refractivity contribution is -0.386. The molecule has 0 radical (unpaired) electrons. The average molecular weight is 329 g/mol. The maximum Gasteiger partial charge on any atom is 0.313 e. The third-order valence-electron chi connectivity index (χ3n) is 2.52. The van der Waals surface area contributed by atoms with Gasteiger partial charge in [-0.2, -0.15) is 0 Å². The van der Waals surface area contributed by atoms with Crippen molar-refractivity contribution < 1.29 is 13.3 Å². The van der Waals surface area contributed by atoms with Crippen molar-refractivity contribution in [2.24, 2.45) is 5.84 Å². The number of nitrogen functional groups attached to an aromatic ring is 1. The molecular formula is C10H11N5O4S2. The molecule has 112 valence electrons. The van der Waals surface area contributed by atoms with E-state index < -0.39 is 25.5 Å². The van der Waals surface area contributed by atoms with Gasteiger partial charge in [-0.3, -0.25) is 16.0 Å². The first-order valence-corrected chi connectivity index (χ1v) is 7.94. The van der Waals surface area contributed by atoms with Crippen LogP contribution in [0.2, 0.25) is 0 Å². The molecule has 0 saturated carbocycles. The molecule has 11 heteroatoms. The molecule has 0 aliphatic carbocycles. The fourth-order valence-corrected chi connectivity index (χ4v) is 3.45. The van der Waals surface area contributed by atoms with Gasteiger partial charge in [-0.15, -0.1) is 11.3 Å². The van der Waals surface area contributed by atoms with Crippen LogP contribution in [0.1, 0.15) is 5.01 Å². The molecule has 0 atom stereocenters. The zero-order valence-corrected chi connectivity index (χ0v) is 12.1. The minimum atomic E-state index is -4.07. The first-order chi connectivity index (χ1) is 9.95. The number of nitro groups is 1. The molecule has 21 heavy (non-hydrogen) atoms. The maximum absolute atomic E-state index is 12.2. The maximum atomic E-state index is 12.2. The van der Waals surface area contributed by atoms with Crippen LogP contribution in [0.3, 0.4) is 0 Å². The summed E-state index contributed by atoms with van der Waals surface area (Å²) < 4.78 is 26.7. The first-order valence-electron chi connectivity index (χ1n) is 5.58. The predicted octanol–water partition coefficient (Wildman–Crippen LogP) is 0.815. The van der Waals surface area contributed by atoms with Gasteiger partial charge in [0.15, 0.2) is 4.90 Å². The van der Waals surface area contributed by atoms with E-state index in [4.69, 9.17) is 5.84 Å². The monoisotopic (exact) mass is 329 g/mol. The fourth-order valence-electron chi connectivity index (χ4n) is 1.62. The van der Waals surface area contributed by atoms with Crippen molar-refractivity contribution in [3.8, 4) is 0 Å². The summed E-state index contributed by atoms with van der Waals surface area (Å²) in [6.45, 7) is -0.0442. The predicted molar refractivity (Wildman–Crippen MR) is 77.0 cm³/mol. The summed E-state index contributed by atoms with van der Waals surface area (Å²) >= 11 is 1.27. The van der Waals surface area contributed by atoms with E-state index in [-0.39, 0.29) is 12.2 Å². The van der Waals surface area contributed by atoms with E-state index in [1.165, 1.54) is 29.7 Å². The van der Waals surface area contributed by atoms with Crippen LogP contribution in [0.5, 0.6) is 0 Å². The molecule has 0 amide bonds. The average Bonchev–Trinajstić information content (AvgIpc) is 2.97. The van der Waals surface area contributed by atoms with Gasteiger partial charge in [0.05, 0.1) is 11.5 Å². The highest BCUT2D eigenvalue weighted by atomic mass is 32.2. The second-order valence-corrected chi connectivity index (χ2v) is 6.52. The number of nitrogens with two attached hydrogens (primary N) is 1. The third-order valence-corrected chi connectivity index (χ3v) is 4.74. The molecule has 4 N–H and O–H groups in total. The Balaban J connectivity index is 2.37. The lowest BCUT2D eigenvalue weighted by atomic mass is 10.3. The molecule has 0 aliphatic heterocycles. The van der Waals surface area contributed by atoms with E-state index in [0.29, 0.717) is 5.01 Å². The number of nitrogens with one attached hydrogen (secondary N) is 2. The summed E-state index contributed by atoms with van der Waals surface area (Å²) in [6.07, 6.45) is 1.54. The summed E-state index contributed by atoms with van der Waals surface area (Å²) in [5, 5.41) is 13.3. The van der Waals surface area contributed by atoms with Gasteiger partial charge in [0.1, 0.15) is 10.7 Å². The molecule has 0 spiro atoms. The smallest absolute Gasteiger partial charge is 0.313 e. The van der Waals surface area contributed by atoms with Crippen molar-refractivity contribution in [3.05, 3.63) is 44.9 Å². The number of nitrogens with zero attached hydrogens (tertiary/aromatic N) is 2. The molecular weight excluding hydrogens is 318 g/mol. The zero-order chi connectivity index (χ0) is 15.5. The zero-order valence-electron chi connectivity index (χ0n) is 10.5. The largest absolute Gasteiger partial charge is 0.318 e. The molecule has 1 aromatic carbocycles. The van der Waals surface area contributed by atoms with Crippen LogP contribution >= 0.6 is 11.3 Å². The van der Waals surface area contributed by atoms with Crippen LogP contribution in [0.15, 0.2) is 34.7 Å². The third kappa shape index (κ3) is 3.33. The van der Waals surface area contributed by atoms with E-state index in [2.05, 4.69) is 15.1 Å². The number of nitro benzene ring substituents is 1. The Hall–Kier alpha value is -2.08. The first kappa shape index (κ1) is 15.3. The summed E-state index contributed by atoms with van der Waals surface area (Å²) in [7, 11) is -4.07. The van der Waals surface area contributed by atoms with E-state index in [1.54, 1.807) is 5.38 Å². The Labute approximate surface area is 124 Å². The normalized spacial score (nSPS) is 11.3. The number of rotatable bonds is 6. The highest BCUT2D eigenvalue weighted by Crippen LogP contribution is 2.31. The van der Waals surface area contributed by atoms with Crippen LogP contribution in [-0.4, -0.2) is 18.3 Å². The van der Waals surface area contributed by atoms with E-state index in [0.717, 1.165) is 6.07 Å². The van der Waals surface area contributed by atoms with Crippen LogP contribution in [0, 0.1) is 10.1 Å². The fraction of sp³-hybridized carbons (Fsp3) is 0.100. The molecule has 1 heterocycles. The highest BCUT2D eigenvalue weighted by Gasteiger charge is 2.28. The number of aromatic nitrogens is 1. The standard InChI is InChI=1S/C10H11N5O4S2/c11-14-7-2-1-3-8(10(7)15(16)17)21(18,19)13-6-9-12-4-5-20-9/h1-5,13-14H,6,11H2. The number of hydrazine groups is 1. The SMILES string of the molecule is NNc1cccc(S(=O)(=O)NCc2nccs2)c1[N+](=O)[O-]. The van der Waals surface area contributed by atoms with Crippen LogP contribution in [0.25, 0.3) is 0 Å². The van der Waals surface area contributed by atoms with Gasteiger partial charge < -0.3 is 5.43 Å². The molecule has 2 aromatic rings. The molecule has 0 aliphatic rings. The second-order valence-electron chi connectivity index (χ2n) is 3.80. The van der Waals surface area contributed by atoms with Crippen molar-refractivity contribution in [1.82, 2.24) is 9.71 Å². The Bertz CT molecular complexity index is 745.